The van der Waals surface area contributed by atoms with Crippen molar-refractivity contribution in [2.75, 3.05) is 0 Å². The zero-order chi connectivity index (χ0) is 9.10. The maximum absolute atomic E-state index is 11.0. The minimum atomic E-state index is 0.119. The molecule has 0 bridgehead atoms. The van der Waals surface area contributed by atoms with Crippen LogP contribution in [0.2, 0.25) is 0 Å². The first-order valence-electron chi connectivity index (χ1n) is 4.03. The zero-order valence-electron chi connectivity index (χ0n) is 6.90. The number of tetrazole rings is 1. The molecular weight excluding hydrogens is 170 g/mol. The molecule has 0 aromatic carbocycles. The maximum Gasteiger partial charge on any atom is 0.289 e. The van der Waals surface area contributed by atoms with E-state index in [1.54, 1.807) is 6.08 Å². The Morgan fingerprint density at radius 3 is 3.08 bits per heavy atom. The van der Waals surface area contributed by atoms with Gasteiger partial charge in [-0.15, -0.1) is 10.9 Å². The molecule has 1 aliphatic carbocycles. The van der Waals surface area contributed by atoms with Crippen molar-refractivity contribution in [2.45, 2.75) is 19.3 Å². The van der Waals surface area contributed by atoms with Gasteiger partial charge in [-0.05, 0) is 24.5 Å². The molecular formula is C7H8N5O-. The lowest BCUT2D eigenvalue weighted by atomic mass is 10.0. The maximum atomic E-state index is 11.0. The van der Waals surface area contributed by atoms with Crippen LogP contribution in [0.25, 0.3) is 0 Å². The average molecular weight is 178 g/mol. The van der Waals surface area contributed by atoms with Crippen LogP contribution >= 0.6 is 0 Å². The Morgan fingerprint density at radius 2 is 2.38 bits per heavy atom. The summed E-state index contributed by atoms with van der Waals surface area (Å²) < 4.78 is 0. The monoisotopic (exact) mass is 178 g/mol. The van der Waals surface area contributed by atoms with E-state index in [1.165, 1.54) is 0 Å². The molecule has 1 aliphatic rings. The van der Waals surface area contributed by atoms with E-state index < -0.39 is 0 Å². The predicted molar refractivity (Wildman–Crippen MR) is 43.2 cm³/mol. The number of allylic oxidation sites excluding steroid dienone is 2. The Hall–Kier alpha value is -1.72. The van der Waals surface area contributed by atoms with Gasteiger partial charge in [0.2, 0.25) is 0 Å². The van der Waals surface area contributed by atoms with E-state index in [4.69, 9.17) is 0 Å². The third kappa shape index (κ3) is 1.90. The van der Waals surface area contributed by atoms with E-state index in [-0.39, 0.29) is 11.7 Å². The standard InChI is InChI=1S/C7H9N5O/c13-6-3-1-2-5(4-6)8-7-9-11-12-10-7/h4,13H,1-3H2,(H,9,10,11,12)/p-1/b8-5+. The Kier molecular flexibility index (Phi) is 2.03. The van der Waals surface area contributed by atoms with Gasteiger partial charge in [0.05, 0.1) is 0 Å². The van der Waals surface area contributed by atoms with Crippen LogP contribution in [0.1, 0.15) is 19.3 Å². The highest BCUT2D eigenvalue weighted by molar-refractivity contribution is 5.97. The number of hydrogen-bond donors (Lipinski definition) is 1. The Morgan fingerprint density at radius 1 is 1.46 bits per heavy atom. The summed E-state index contributed by atoms with van der Waals surface area (Å²) in [7, 11) is 0. The minimum Gasteiger partial charge on any atom is -0.875 e. The number of hydrogen-bond acceptors (Lipinski definition) is 5. The molecule has 0 unspecified atom stereocenters. The van der Waals surface area contributed by atoms with Gasteiger partial charge in [0, 0.05) is 5.71 Å². The van der Waals surface area contributed by atoms with E-state index in [9.17, 15) is 5.11 Å². The van der Waals surface area contributed by atoms with Crippen LogP contribution < -0.4 is 5.11 Å². The second-order valence-electron chi connectivity index (χ2n) is 2.78. The summed E-state index contributed by atoms with van der Waals surface area (Å²) in [4.78, 5) is 4.05. The highest BCUT2D eigenvalue weighted by Crippen LogP contribution is 2.13. The number of aromatic nitrogens is 4. The molecule has 0 saturated carbocycles. The second-order valence-corrected chi connectivity index (χ2v) is 2.78. The molecule has 68 valence electrons. The highest BCUT2D eigenvalue weighted by atomic mass is 16.3. The van der Waals surface area contributed by atoms with E-state index in [2.05, 4.69) is 25.6 Å². The molecule has 2 rings (SSSR count). The third-order valence-electron chi connectivity index (χ3n) is 1.76. The number of aliphatic imine (C=N–C) groups is 1. The zero-order valence-corrected chi connectivity index (χ0v) is 6.90. The van der Waals surface area contributed by atoms with Crippen molar-refractivity contribution in [3.63, 3.8) is 0 Å². The average Bonchev–Trinajstić information content (AvgIpc) is 2.57. The van der Waals surface area contributed by atoms with Crippen molar-refractivity contribution in [1.29, 1.82) is 0 Å². The van der Waals surface area contributed by atoms with E-state index in [1.807, 2.05) is 0 Å². The summed E-state index contributed by atoms with van der Waals surface area (Å²) >= 11 is 0. The molecule has 0 amide bonds. The van der Waals surface area contributed by atoms with E-state index in [0.29, 0.717) is 6.42 Å². The number of aromatic amines is 1. The first-order chi connectivity index (χ1) is 6.34. The van der Waals surface area contributed by atoms with Crippen molar-refractivity contribution in [1.82, 2.24) is 20.6 Å². The molecule has 0 fully saturated rings. The van der Waals surface area contributed by atoms with Crippen molar-refractivity contribution >= 4 is 11.7 Å². The molecule has 1 heterocycles. The molecule has 1 aromatic heterocycles. The lowest BCUT2D eigenvalue weighted by molar-refractivity contribution is -0.307. The van der Waals surface area contributed by atoms with Crippen molar-refractivity contribution in [2.24, 2.45) is 4.99 Å². The molecule has 0 aliphatic heterocycles. The SMILES string of the molecule is [O-]C1=C/C(=N/c2nn[nH]n2)CCC1. The van der Waals surface area contributed by atoms with Gasteiger partial charge >= 0.3 is 0 Å². The van der Waals surface area contributed by atoms with Crippen LogP contribution in [0, 0.1) is 0 Å². The van der Waals surface area contributed by atoms with Gasteiger partial charge in [0.1, 0.15) is 0 Å². The van der Waals surface area contributed by atoms with E-state index >= 15 is 0 Å². The highest BCUT2D eigenvalue weighted by Gasteiger charge is 2.03. The fourth-order valence-corrected chi connectivity index (χ4v) is 1.19. The van der Waals surface area contributed by atoms with Crippen molar-refractivity contribution in [3.8, 4) is 0 Å². The van der Waals surface area contributed by atoms with E-state index in [0.717, 1.165) is 18.6 Å². The number of nitrogens with one attached hydrogen (secondary N) is 1. The molecule has 0 saturated heterocycles. The van der Waals surface area contributed by atoms with Crippen LogP contribution in [0.3, 0.4) is 0 Å². The Labute approximate surface area is 74.4 Å². The molecule has 6 heteroatoms. The fourth-order valence-electron chi connectivity index (χ4n) is 1.19. The molecule has 13 heavy (non-hydrogen) atoms. The molecule has 6 nitrogen and oxygen atoms in total. The van der Waals surface area contributed by atoms with Gasteiger partial charge in [-0.25, -0.2) is 4.99 Å². The first kappa shape index (κ1) is 7.90. The van der Waals surface area contributed by atoms with Crippen molar-refractivity contribution < 1.29 is 5.11 Å². The Bertz CT molecular complexity index is 340. The molecule has 1 aromatic rings. The summed E-state index contributed by atoms with van der Waals surface area (Å²) in [6.45, 7) is 0. The number of H-pyrrole nitrogens is 1. The normalized spacial score (nSPS) is 20.3. The molecule has 0 atom stereocenters. The van der Waals surface area contributed by atoms with Crippen molar-refractivity contribution in [3.05, 3.63) is 11.8 Å². The summed E-state index contributed by atoms with van der Waals surface area (Å²) in [6.07, 6.45) is 3.82. The summed E-state index contributed by atoms with van der Waals surface area (Å²) in [6, 6.07) is 0. The molecule has 1 N–H and O–H groups in total. The van der Waals surface area contributed by atoms with Gasteiger partial charge in [-0.1, -0.05) is 11.2 Å². The third-order valence-corrected chi connectivity index (χ3v) is 1.76. The van der Waals surface area contributed by atoms with Gasteiger partial charge in [-0.2, -0.15) is 5.21 Å². The van der Waals surface area contributed by atoms with Gasteiger partial charge in [-0.3, -0.25) is 0 Å². The van der Waals surface area contributed by atoms with Crippen LogP contribution in [-0.2, 0) is 0 Å². The van der Waals surface area contributed by atoms with Crippen LogP contribution in [0.5, 0.6) is 0 Å². The largest absolute Gasteiger partial charge is 0.875 e. The Balaban J connectivity index is 2.21. The lowest BCUT2D eigenvalue weighted by Crippen LogP contribution is -2.12. The number of nitrogens with zero attached hydrogens (tertiary/aromatic N) is 4. The smallest absolute Gasteiger partial charge is 0.289 e. The first-order valence-corrected chi connectivity index (χ1v) is 4.03. The lowest BCUT2D eigenvalue weighted by Gasteiger charge is -2.17. The summed E-state index contributed by atoms with van der Waals surface area (Å²) in [5.74, 6) is 0.398. The second kappa shape index (κ2) is 3.34. The van der Waals surface area contributed by atoms with Gasteiger partial charge in [0.15, 0.2) is 0 Å². The predicted octanol–water partition coefficient (Wildman–Crippen LogP) is -0.300. The molecule has 0 radical (unpaired) electrons. The quantitative estimate of drug-likeness (QED) is 0.639. The molecule has 0 spiro atoms. The minimum absolute atomic E-state index is 0.119. The van der Waals surface area contributed by atoms with Crippen LogP contribution in [0.15, 0.2) is 16.8 Å². The van der Waals surface area contributed by atoms with Crippen LogP contribution in [0.4, 0.5) is 5.95 Å². The summed E-state index contributed by atoms with van der Waals surface area (Å²) in [5, 5.41) is 24.0. The van der Waals surface area contributed by atoms with Gasteiger partial charge in [0.25, 0.3) is 5.95 Å². The summed E-state index contributed by atoms with van der Waals surface area (Å²) in [5.41, 5.74) is 0.734. The number of rotatable bonds is 1. The van der Waals surface area contributed by atoms with Crippen LogP contribution in [-0.4, -0.2) is 26.3 Å². The van der Waals surface area contributed by atoms with Gasteiger partial charge < -0.3 is 5.11 Å². The fraction of sp³-hybridized carbons (Fsp3) is 0.429. The topological polar surface area (TPSA) is 89.9 Å².